The van der Waals surface area contributed by atoms with Gasteiger partial charge in [0, 0.05) is 4.47 Å². The number of hydrogen-bond donors (Lipinski definition) is 2. The maximum Gasteiger partial charge on any atom is 0.586 e. The molecule has 6 nitrogen and oxygen atoms in total. The summed E-state index contributed by atoms with van der Waals surface area (Å²) in [7, 11) is -1.72. The van der Waals surface area contributed by atoms with Crippen LogP contribution in [0, 0.1) is 0 Å². The van der Waals surface area contributed by atoms with Crippen LogP contribution in [0.2, 0.25) is 0 Å². The number of benzene rings is 2. The lowest BCUT2D eigenvalue weighted by molar-refractivity contribution is -0.287. The first-order valence-electron chi connectivity index (χ1n) is 6.86. The van der Waals surface area contributed by atoms with Crippen molar-refractivity contribution >= 4 is 28.5 Å². The number of hydrogen-bond acceptors (Lipinski definition) is 6. The predicted octanol–water partition coefficient (Wildman–Crippen LogP) is 2.46. The maximum atomic E-state index is 12.5. The summed E-state index contributed by atoms with van der Waals surface area (Å²) in [6.45, 7) is 0. The molecule has 0 spiro atoms. The van der Waals surface area contributed by atoms with Gasteiger partial charge in [0.25, 0.3) is 0 Å². The topological polar surface area (TPSA) is 77.4 Å². The molecule has 2 heterocycles. The Hall–Kier alpha value is -2.18. The van der Waals surface area contributed by atoms with Gasteiger partial charge in [0.2, 0.25) is 0 Å². The molecule has 2 aromatic rings. The van der Waals surface area contributed by atoms with Crippen molar-refractivity contribution in [1.29, 1.82) is 0 Å². The van der Waals surface area contributed by atoms with Crippen LogP contribution >= 0.6 is 15.9 Å². The minimum atomic E-state index is -3.68. The van der Waals surface area contributed by atoms with Crippen molar-refractivity contribution in [3.05, 3.63) is 40.9 Å². The van der Waals surface area contributed by atoms with Crippen molar-refractivity contribution < 1.29 is 46.6 Å². The van der Waals surface area contributed by atoms with Crippen molar-refractivity contribution in [2.24, 2.45) is 0 Å². The van der Waals surface area contributed by atoms with E-state index in [2.05, 4.69) is 34.9 Å². The summed E-state index contributed by atoms with van der Waals surface area (Å²) in [6, 6.07) is 7.97. The number of alkyl halides is 4. The third-order valence-electron chi connectivity index (χ3n) is 3.09. The minimum Gasteiger partial charge on any atom is -0.423 e. The van der Waals surface area contributed by atoms with Gasteiger partial charge in [-0.1, -0.05) is 22.0 Å². The second-order valence-corrected chi connectivity index (χ2v) is 5.92. The summed E-state index contributed by atoms with van der Waals surface area (Å²) < 4.78 is 67.1. The molecule has 138 valence electrons. The normalized spacial score (nSPS) is 17.3. The molecule has 0 aromatic heterocycles. The highest BCUT2D eigenvalue weighted by Gasteiger charge is 2.44. The molecular formula is C14H8BBrF4O6. The van der Waals surface area contributed by atoms with Gasteiger partial charge in [0.15, 0.2) is 23.0 Å². The molecule has 0 saturated heterocycles. The van der Waals surface area contributed by atoms with E-state index in [-0.39, 0.29) is 28.5 Å². The van der Waals surface area contributed by atoms with Gasteiger partial charge in [0.05, 0.1) is 0 Å². The summed E-state index contributed by atoms with van der Waals surface area (Å²) in [5.41, 5.74) is 0.0602. The van der Waals surface area contributed by atoms with E-state index in [9.17, 15) is 17.6 Å². The molecule has 26 heavy (non-hydrogen) atoms. The van der Waals surface area contributed by atoms with Gasteiger partial charge in [-0.2, -0.15) is 0 Å². The lowest BCUT2D eigenvalue weighted by Crippen LogP contribution is -2.29. The lowest BCUT2D eigenvalue weighted by atomic mass is 9.80. The largest absolute Gasteiger partial charge is 0.586 e. The fraction of sp³-hybridized carbons (Fsp3) is 0.143. The van der Waals surface area contributed by atoms with Gasteiger partial charge in [-0.05, 0) is 35.8 Å². The zero-order chi connectivity index (χ0) is 19.1. The van der Waals surface area contributed by atoms with Gasteiger partial charge < -0.3 is 29.0 Å². The Labute approximate surface area is 152 Å². The molecule has 0 radical (unpaired) electrons. The Bertz CT molecular complexity index is 835. The second-order valence-electron chi connectivity index (χ2n) is 5.01. The lowest BCUT2D eigenvalue weighted by Gasteiger charge is -2.04. The molecule has 0 amide bonds. The summed E-state index contributed by atoms with van der Waals surface area (Å²) in [5.74, 6) is -0.224. The fourth-order valence-electron chi connectivity index (χ4n) is 2.05. The summed E-state index contributed by atoms with van der Waals surface area (Å²) >= 11 is 3.12. The Morgan fingerprint density at radius 2 is 1.19 bits per heavy atom. The summed E-state index contributed by atoms with van der Waals surface area (Å²) in [4.78, 5) is 0. The Morgan fingerprint density at radius 1 is 0.731 bits per heavy atom. The highest BCUT2D eigenvalue weighted by Crippen LogP contribution is 2.42. The van der Waals surface area contributed by atoms with Crippen molar-refractivity contribution in [1.82, 2.24) is 0 Å². The van der Waals surface area contributed by atoms with Crippen molar-refractivity contribution in [3.63, 3.8) is 0 Å². The Morgan fingerprint density at radius 3 is 1.73 bits per heavy atom. The van der Waals surface area contributed by atoms with E-state index in [1.54, 1.807) is 6.07 Å². The maximum absolute atomic E-state index is 12.5. The molecule has 2 aliphatic rings. The molecular weight excluding hydrogens is 431 g/mol. The van der Waals surface area contributed by atoms with E-state index < -0.39 is 19.7 Å². The van der Waals surface area contributed by atoms with E-state index in [1.807, 2.05) is 0 Å². The second kappa shape index (κ2) is 6.52. The Kier molecular flexibility index (Phi) is 4.67. The molecule has 0 atom stereocenters. The standard InChI is InChI=1S/C7H5BF2O4.C7H3BrF2O2/c9-7(10)13-5-2-1-4(8(11)12)3-6(5)14-7;8-4-1-2-5-6(3-4)12-7(9,10)11-5/h1-3,11-12H;1-3H. The minimum absolute atomic E-state index is 0.0503. The van der Waals surface area contributed by atoms with E-state index in [0.29, 0.717) is 4.47 Å². The number of halogens is 5. The van der Waals surface area contributed by atoms with Crippen molar-refractivity contribution in [2.75, 3.05) is 0 Å². The molecule has 0 aliphatic carbocycles. The molecule has 2 aliphatic heterocycles. The molecule has 0 unspecified atom stereocenters. The SMILES string of the molecule is FC1(F)Oc2ccc(Br)cc2O1.OB(O)c1ccc2c(c1)OC(F)(F)O2. The number of rotatable bonds is 1. The van der Waals surface area contributed by atoms with Gasteiger partial charge in [-0.3, -0.25) is 0 Å². The first-order valence-corrected chi connectivity index (χ1v) is 7.65. The third kappa shape index (κ3) is 4.14. The van der Waals surface area contributed by atoms with Gasteiger partial charge >= 0.3 is 19.7 Å². The molecule has 4 rings (SSSR count). The fourth-order valence-corrected chi connectivity index (χ4v) is 2.39. The zero-order valence-corrected chi connectivity index (χ0v) is 14.0. The van der Waals surface area contributed by atoms with Crippen LogP contribution in [0.5, 0.6) is 23.0 Å². The summed E-state index contributed by atoms with van der Waals surface area (Å²) in [6.07, 6.45) is -7.20. The monoisotopic (exact) mass is 438 g/mol. The van der Waals surface area contributed by atoms with E-state index in [4.69, 9.17) is 10.0 Å². The summed E-state index contributed by atoms with van der Waals surface area (Å²) in [5, 5.41) is 17.5. The molecule has 2 aromatic carbocycles. The van der Waals surface area contributed by atoms with E-state index >= 15 is 0 Å². The zero-order valence-electron chi connectivity index (χ0n) is 12.5. The van der Waals surface area contributed by atoms with Crippen molar-refractivity contribution in [3.8, 4) is 23.0 Å². The quantitative estimate of drug-likeness (QED) is 0.526. The van der Waals surface area contributed by atoms with Crippen LogP contribution in [0.4, 0.5) is 17.6 Å². The van der Waals surface area contributed by atoms with Crippen LogP contribution in [0.3, 0.4) is 0 Å². The average molecular weight is 439 g/mol. The van der Waals surface area contributed by atoms with Gasteiger partial charge in [-0.15, -0.1) is 17.6 Å². The molecule has 12 heteroatoms. The van der Waals surface area contributed by atoms with E-state index in [0.717, 1.165) is 6.07 Å². The van der Waals surface area contributed by atoms with Gasteiger partial charge in [0.1, 0.15) is 0 Å². The van der Waals surface area contributed by atoms with Crippen LogP contribution in [0.15, 0.2) is 40.9 Å². The molecule has 0 fully saturated rings. The van der Waals surface area contributed by atoms with Crippen LogP contribution in [0.25, 0.3) is 0 Å². The third-order valence-corrected chi connectivity index (χ3v) is 3.58. The molecule has 0 saturated carbocycles. The van der Waals surface area contributed by atoms with Crippen LogP contribution in [-0.4, -0.2) is 29.8 Å². The first kappa shape index (κ1) is 18.6. The average Bonchev–Trinajstić information content (AvgIpc) is 2.98. The first-order chi connectivity index (χ1) is 12.0. The number of ether oxygens (including phenoxy) is 4. The highest BCUT2D eigenvalue weighted by atomic mass is 79.9. The van der Waals surface area contributed by atoms with Gasteiger partial charge in [-0.25, -0.2) is 0 Å². The smallest absolute Gasteiger partial charge is 0.423 e. The van der Waals surface area contributed by atoms with Crippen LogP contribution in [0.1, 0.15) is 0 Å². The van der Waals surface area contributed by atoms with Crippen molar-refractivity contribution in [2.45, 2.75) is 12.6 Å². The Balaban J connectivity index is 0.000000152. The molecule has 2 N–H and O–H groups in total. The van der Waals surface area contributed by atoms with Crippen LogP contribution < -0.4 is 24.4 Å². The highest BCUT2D eigenvalue weighted by molar-refractivity contribution is 9.10. The number of fused-ring (bicyclic) bond motifs is 2. The molecule has 0 bridgehead atoms. The van der Waals surface area contributed by atoms with Crippen LogP contribution in [-0.2, 0) is 0 Å². The predicted molar refractivity (Wildman–Crippen MR) is 82.8 cm³/mol. The van der Waals surface area contributed by atoms with E-state index in [1.165, 1.54) is 24.3 Å².